The number of carboxylic acid groups (broad SMARTS) is 1. The molecule has 1 N–H and O–H groups in total. The number of hydrogen-bond acceptors (Lipinski definition) is 3. The highest BCUT2D eigenvalue weighted by Crippen LogP contribution is 2.37. The van der Waals surface area contributed by atoms with Gasteiger partial charge in [0.15, 0.2) is 0 Å². The number of halogens is 2. The van der Waals surface area contributed by atoms with E-state index in [-0.39, 0.29) is 0 Å². The van der Waals surface area contributed by atoms with Crippen molar-refractivity contribution in [3.63, 3.8) is 0 Å². The Morgan fingerprint density at radius 1 is 1.65 bits per heavy atom. The van der Waals surface area contributed by atoms with Gasteiger partial charge in [0, 0.05) is 22.4 Å². The summed E-state index contributed by atoms with van der Waals surface area (Å²) in [6.45, 7) is 4.45. The second-order valence-corrected chi connectivity index (χ2v) is 8.08. The van der Waals surface area contributed by atoms with Gasteiger partial charge in [0.25, 0.3) is 0 Å². The lowest BCUT2D eigenvalue weighted by Crippen LogP contribution is -2.47. The van der Waals surface area contributed by atoms with Crippen LogP contribution in [0.2, 0.25) is 4.34 Å². The van der Waals surface area contributed by atoms with Crippen LogP contribution in [-0.4, -0.2) is 29.1 Å². The van der Waals surface area contributed by atoms with Crippen molar-refractivity contribution in [3.8, 4) is 0 Å². The molecule has 6 heteroatoms. The van der Waals surface area contributed by atoms with Crippen LogP contribution in [0.4, 0.5) is 0 Å². The minimum Gasteiger partial charge on any atom is -0.481 e. The average Bonchev–Trinajstić information content (AvgIpc) is 2.68. The normalized spacial score (nSPS) is 23.9. The zero-order valence-corrected chi connectivity index (χ0v) is 14.7. The van der Waals surface area contributed by atoms with Gasteiger partial charge in [-0.3, -0.25) is 9.69 Å². The zero-order valence-electron chi connectivity index (χ0n) is 11.5. The Bertz CT molecular complexity index is 470. The Morgan fingerprint density at radius 2 is 2.40 bits per heavy atom. The summed E-state index contributed by atoms with van der Waals surface area (Å²) in [6, 6.07) is 2.03. The highest BCUT2D eigenvalue weighted by molar-refractivity contribution is 9.10. The SMILES string of the molecule is CCCC1(C(=O)O)CCCN(Cc2cc(Br)c(Cl)s2)C1. The van der Waals surface area contributed by atoms with Crippen molar-refractivity contribution in [2.24, 2.45) is 5.41 Å². The lowest BCUT2D eigenvalue weighted by Gasteiger charge is -2.39. The molecule has 0 aromatic carbocycles. The number of thiophene rings is 1. The van der Waals surface area contributed by atoms with Gasteiger partial charge in [0.1, 0.15) is 4.34 Å². The molecular weight excluding hydrogens is 362 g/mol. The Hall–Kier alpha value is -0.100. The fraction of sp³-hybridized carbons (Fsp3) is 0.643. The van der Waals surface area contributed by atoms with Crippen molar-refractivity contribution in [3.05, 3.63) is 19.8 Å². The van der Waals surface area contributed by atoms with Crippen LogP contribution in [-0.2, 0) is 11.3 Å². The van der Waals surface area contributed by atoms with Gasteiger partial charge in [-0.1, -0.05) is 24.9 Å². The van der Waals surface area contributed by atoms with Gasteiger partial charge in [0.2, 0.25) is 0 Å². The third kappa shape index (κ3) is 3.56. The monoisotopic (exact) mass is 379 g/mol. The molecule has 1 aliphatic rings. The number of carbonyl (C=O) groups is 1. The predicted octanol–water partition coefficient (Wildman–Crippen LogP) is 4.63. The molecule has 1 aromatic rings. The molecular formula is C14H19BrClNO2S. The van der Waals surface area contributed by atoms with Crippen molar-refractivity contribution >= 4 is 44.8 Å². The second-order valence-electron chi connectivity index (χ2n) is 5.48. The van der Waals surface area contributed by atoms with Gasteiger partial charge < -0.3 is 5.11 Å². The maximum Gasteiger partial charge on any atom is 0.310 e. The summed E-state index contributed by atoms with van der Waals surface area (Å²) in [5, 5.41) is 9.60. The first-order valence-corrected chi connectivity index (χ1v) is 8.85. The zero-order chi connectivity index (χ0) is 14.8. The maximum absolute atomic E-state index is 11.7. The van der Waals surface area contributed by atoms with E-state index >= 15 is 0 Å². The number of hydrogen-bond donors (Lipinski definition) is 1. The highest BCUT2D eigenvalue weighted by Gasteiger charge is 2.41. The summed E-state index contributed by atoms with van der Waals surface area (Å²) in [6.07, 6.45) is 3.42. The molecule has 1 saturated heterocycles. The van der Waals surface area contributed by atoms with Crippen molar-refractivity contribution in [1.29, 1.82) is 0 Å². The third-order valence-corrected chi connectivity index (χ3v) is 6.37. The van der Waals surface area contributed by atoms with Crippen molar-refractivity contribution in [2.75, 3.05) is 13.1 Å². The van der Waals surface area contributed by atoms with E-state index in [4.69, 9.17) is 11.6 Å². The molecule has 3 nitrogen and oxygen atoms in total. The van der Waals surface area contributed by atoms with Crippen LogP contribution < -0.4 is 0 Å². The maximum atomic E-state index is 11.7. The van der Waals surface area contributed by atoms with Crippen LogP contribution in [0, 0.1) is 5.41 Å². The fourth-order valence-corrected chi connectivity index (χ4v) is 4.85. The summed E-state index contributed by atoms with van der Waals surface area (Å²) in [4.78, 5) is 15.1. The van der Waals surface area contributed by atoms with E-state index in [9.17, 15) is 9.90 Å². The summed E-state index contributed by atoms with van der Waals surface area (Å²) in [7, 11) is 0. The first-order valence-electron chi connectivity index (χ1n) is 6.86. The second kappa shape index (κ2) is 6.77. The van der Waals surface area contributed by atoms with Gasteiger partial charge in [-0.2, -0.15) is 0 Å². The summed E-state index contributed by atoms with van der Waals surface area (Å²) >= 11 is 11.0. The number of likely N-dealkylation sites (tertiary alicyclic amines) is 1. The predicted molar refractivity (Wildman–Crippen MR) is 86.5 cm³/mol. The largest absolute Gasteiger partial charge is 0.481 e. The molecule has 1 fully saturated rings. The molecule has 1 aromatic heterocycles. The quantitative estimate of drug-likeness (QED) is 0.809. The molecule has 1 aliphatic heterocycles. The Morgan fingerprint density at radius 3 is 2.95 bits per heavy atom. The standard InChI is InChI=1S/C14H19BrClNO2S/c1-2-4-14(13(18)19)5-3-6-17(9-14)8-10-7-11(15)12(16)20-10/h7H,2-6,8-9H2,1H3,(H,18,19). The highest BCUT2D eigenvalue weighted by atomic mass is 79.9. The summed E-state index contributed by atoms with van der Waals surface area (Å²) in [5.41, 5.74) is -0.564. The molecule has 20 heavy (non-hydrogen) atoms. The average molecular weight is 381 g/mol. The summed E-state index contributed by atoms with van der Waals surface area (Å²) in [5.74, 6) is -0.644. The van der Waals surface area contributed by atoms with Crippen molar-refractivity contribution in [1.82, 2.24) is 4.90 Å². The van der Waals surface area contributed by atoms with E-state index in [1.165, 1.54) is 4.88 Å². The van der Waals surface area contributed by atoms with Crippen LogP contribution in [0.25, 0.3) is 0 Å². The molecule has 112 valence electrons. The van der Waals surface area contributed by atoms with Crippen LogP contribution in [0.15, 0.2) is 10.5 Å². The molecule has 0 radical (unpaired) electrons. The number of aliphatic carboxylic acids is 1. The van der Waals surface area contributed by atoms with Crippen LogP contribution in [0.1, 0.15) is 37.5 Å². The van der Waals surface area contributed by atoms with Crippen LogP contribution in [0.5, 0.6) is 0 Å². The Kier molecular flexibility index (Phi) is 5.51. The first kappa shape index (κ1) is 16.3. The van der Waals surface area contributed by atoms with Crippen LogP contribution >= 0.6 is 38.9 Å². The van der Waals surface area contributed by atoms with Crippen molar-refractivity contribution in [2.45, 2.75) is 39.2 Å². The number of rotatable bonds is 5. The van der Waals surface area contributed by atoms with E-state index in [0.29, 0.717) is 6.54 Å². The number of nitrogens with zero attached hydrogens (tertiary/aromatic N) is 1. The van der Waals surface area contributed by atoms with Gasteiger partial charge in [0.05, 0.1) is 5.41 Å². The molecule has 0 bridgehead atoms. The Labute approximate surface area is 137 Å². The lowest BCUT2D eigenvalue weighted by atomic mass is 9.76. The molecule has 1 unspecified atom stereocenters. The van der Waals surface area contributed by atoms with Gasteiger partial charge in [-0.15, -0.1) is 11.3 Å². The minimum atomic E-state index is -0.644. The third-order valence-electron chi connectivity index (χ3n) is 3.91. The van der Waals surface area contributed by atoms with Gasteiger partial charge in [-0.05, 0) is 47.8 Å². The summed E-state index contributed by atoms with van der Waals surface area (Å²) < 4.78 is 1.68. The van der Waals surface area contributed by atoms with Gasteiger partial charge in [-0.25, -0.2) is 0 Å². The molecule has 0 amide bonds. The molecule has 0 spiro atoms. The van der Waals surface area contributed by atoms with Gasteiger partial charge >= 0.3 is 5.97 Å². The van der Waals surface area contributed by atoms with E-state index in [0.717, 1.165) is 47.6 Å². The number of carboxylic acids is 1. The lowest BCUT2D eigenvalue weighted by molar-refractivity contribution is -0.153. The molecule has 2 rings (SSSR count). The van der Waals surface area contributed by atoms with E-state index < -0.39 is 11.4 Å². The van der Waals surface area contributed by atoms with E-state index in [1.54, 1.807) is 11.3 Å². The first-order chi connectivity index (χ1) is 9.47. The Balaban J connectivity index is 2.07. The molecule has 2 heterocycles. The topological polar surface area (TPSA) is 40.5 Å². The molecule has 0 aliphatic carbocycles. The van der Waals surface area contributed by atoms with E-state index in [1.807, 2.05) is 6.07 Å². The number of piperidine rings is 1. The van der Waals surface area contributed by atoms with Crippen LogP contribution in [0.3, 0.4) is 0 Å². The van der Waals surface area contributed by atoms with Crippen molar-refractivity contribution < 1.29 is 9.90 Å². The molecule has 1 atom stereocenters. The molecule has 0 saturated carbocycles. The fourth-order valence-electron chi connectivity index (χ4n) is 3.02. The smallest absolute Gasteiger partial charge is 0.310 e. The van der Waals surface area contributed by atoms with E-state index in [2.05, 4.69) is 27.8 Å². The minimum absolute atomic E-state index is 0.564.